The highest BCUT2D eigenvalue weighted by atomic mass is 35.5. The second-order valence-electron chi connectivity index (χ2n) is 6.31. The van der Waals surface area contributed by atoms with E-state index in [1.54, 1.807) is 25.1 Å². The molecule has 0 heterocycles. The Kier molecular flexibility index (Phi) is 7.67. The van der Waals surface area contributed by atoms with E-state index < -0.39 is 0 Å². The molecule has 0 spiro atoms. The van der Waals surface area contributed by atoms with Gasteiger partial charge in [0.1, 0.15) is 5.75 Å². The monoisotopic (exact) mass is 388 g/mol. The molecule has 2 rings (SSSR count). The molecule has 0 fully saturated rings. The fourth-order valence-electron chi connectivity index (χ4n) is 2.41. The molecule has 0 bridgehead atoms. The minimum absolute atomic E-state index is 0.112. The molecule has 2 amide bonds. The summed E-state index contributed by atoms with van der Waals surface area (Å²) in [6, 6.07) is 12.7. The van der Waals surface area contributed by atoms with Crippen molar-refractivity contribution in [3.05, 3.63) is 53.1 Å². The number of ether oxygens (including phenoxy) is 1. The summed E-state index contributed by atoms with van der Waals surface area (Å²) in [4.78, 5) is 23.7. The highest BCUT2D eigenvalue weighted by molar-refractivity contribution is 6.33. The van der Waals surface area contributed by atoms with Crippen LogP contribution in [0.2, 0.25) is 5.02 Å². The quantitative estimate of drug-likeness (QED) is 0.651. The molecule has 1 atom stereocenters. The van der Waals surface area contributed by atoms with Crippen LogP contribution in [0.3, 0.4) is 0 Å². The topological polar surface area (TPSA) is 67.4 Å². The van der Waals surface area contributed by atoms with E-state index in [4.69, 9.17) is 16.3 Å². The summed E-state index contributed by atoms with van der Waals surface area (Å²) in [5.41, 5.74) is 2.24. The lowest BCUT2D eigenvalue weighted by molar-refractivity contribution is -0.118. The fourth-order valence-corrected chi connectivity index (χ4v) is 2.58. The third-order valence-corrected chi connectivity index (χ3v) is 4.61. The van der Waals surface area contributed by atoms with Crippen LogP contribution >= 0.6 is 11.6 Å². The number of carbonyl (C=O) groups excluding carboxylic acids is 2. The molecule has 2 aromatic rings. The van der Waals surface area contributed by atoms with Gasteiger partial charge in [-0.1, -0.05) is 44.5 Å². The fraction of sp³-hybridized carbons (Fsp3) is 0.333. The van der Waals surface area contributed by atoms with Crippen molar-refractivity contribution >= 4 is 34.8 Å². The van der Waals surface area contributed by atoms with E-state index >= 15 is 0 Å². The lowest BCUT2D eigenvalue weighted by atomic mass is 9.99. The molecule has 0 aromatic heterocycles. The molecule has 0 radical (unpaired) electrons. The van der Waals surface area contributed by atoms with E-state index in [1.165, 1.54) is 5.56 Å². The largest absolute Gasteiger partial charge is 0.484 e. The van der Waals surface area contributed by atoms with Gasteiger partial charge in [0.05, 0.1) is 10.7 Å². The zero-order valence-electron chi connectivity index (χ0n) is 15.8. The van der Waals surface area contributed by atoms with Crippen LogP contribution in [-0.2, 0) is 9.59 Å². The maximum atomic E-state index is 12.2. The Balaban J connectivity index is 1.93. The maximum absolute atomic E-state index is 12.2. The van der Waals surface area contributed by atoms with Crippen LogP contribution in [0.1, 0.15) is 45.1 Å². The Bertz CT molecular complexity index is 791. The summed E-state index contributed by atoms with van der Waals surface area (Å²) in [6.07, 6.45) is 1.44. The van der Waals surface area contributed by atoms with E-state index in [0.29, 0.717) is 34.5 Å². The second kappa shape index (κ2) is 9.97. The number of halogens is 1. The van der Waals surface area contributed by atoms with Crippen molar-refractivity contribution in [2.45, 2.75) is 39.5 Å². The molecule has 6 heteroatoms. The zero-order chi connectivity index (χ0) is 19.8. The van der Waals surface area contributed by atoms with Crippen molar-refractivity contribution in [1.82, 2.24) is 0 Å². The van der Waals surface area contributed by atoms with Crippen molar-refractivity contribution < 1.29 is 14.3 Å². The summed E-state index contributed by atoms with van der Waals surface area (Å²) < 4.78 is 5.54. The normalized spacial score (nSPS) is 11.6. The number of rotatable bonds is 8. The van der Waals surface area contributed by atoms with Crippen LogP contribution in [0.25, 0.3) is 0 Å². The number of hydrogen-bond acceptors (Lipinski definition) is 3. The van der Waals surface area contributed by atoms with Crippen molar-refractivity contribution in [2.75, 3.05) is 17.2 Å². The summed E-state index contributed by atoms with van der Waals surface area (Å²) in [7, 11) is 0. The molecule has 27 heavy (non-hydrogen) atoms. The smallest absolute Gasteiger partial charge is 0.262 e. The van der Waals surface area contributed by atoms with Crippen molar-refractivity contribution in [3.8, 4) is 5.75 Å². The van der Waals surface area contributed by atoms with Crippen molar-refractivity contribution in [1.29, 1.82) is 0 Å². The minimum Gasteiger partial charge on any atom is -0.484 e. The molecule has 2 N–H and O–H groups in total. The van der Waals surface area contributed by atoms with Crippen LogP contribution in [0.5, 0.6) is 5.75 Å². The first-order valence-corrected chi connectivity index (χ1v) is 9.42. The number of benzene rings is 2. The van der Waals surface area contributed by atoms with E-state index in [-0.39, 0.29) is 18.4 Å². The first kappa shape index (κ1) is 20.8. The molecule has 1 unspecified atom stereocenters. The van der Waals surface area contributed by atoms with Crippen LogP contribution in [0.4, 0.5) is 11.4 Å². The first-order valence-electron chi connectivity index (χ1n) is 9.05. The highest BCUT2D eigenvalue weighted by Crippen LogP contribution is 2.26. The number of nitrogens with one attached hydrogen (secondary N) is 2. The van der Waals surface area contributed by atoms with Crippen LogP contribution in [-0.4, -0.2) is 18.4 Å². The predicted octanol–water partition coefficient (Wildman–Crippen LogP) is 5.22. The van der Waals surface area contributed by atoms with Crippen molar-refractivity contribution in [2.24, 2.45) is 0 Å². The average molecular weight is 389 g/mol. The van der Waals surface area contributed by atoms with Gasteiger partial charge in [-0.2, -0.15) is 0 Å². The van der Waals surface area contributed by atoms with Gasteiger partial charge in [-0.25, -0.2) is 0 Å². The summed E-state index contributed by atoms with van der Waals surface area (Å²) >= 11 is 6.12. The molecule has 0 aliphatic rings. The van der Waals surface area contributed by atoms with Gasteiger partial charge in [-0.15, -0.1) is 0 Å². The molecule has 144 valence electrons. The third-order valence-electron chi connectivity index (χ3n) is 4.28. The molecule has 0 aliphatic carbocycles. The van der Waals surface area contributed by atoms with Crippen LogP contribution < -0.4 is 15.4 Å². The Labute approximate surface area is 165 Å². The molecule has 0 saturated carbocycles. The molecule has 5 nitrogen and oxygen atoms in total. The van der Waals surface area contributed by atoms with Gasteiger partial charge in [0.2, 0.25) is 5.91 Å². The van der Waals surface area contributed by atoms with E-state index in [9.17, 15) is 9.59 Å². The third kappa shape index (κ3) is 6.29. The van der Waals surface area contributed by atoms with Gasteiger partial charge in [0, 0.05) is 12.1 Å². The molecule has 0 saturated heterocycles. The Hall–Kier alpha value is -2.53. The lowest BCUT2D eigenvalue weighted by Gasteiger charge is -2.12. The second-order valence-corrected chi connectivity index (χ2v) is 6.72. The van der Waals surface area contributed by atoms with E-state index in [0.717, 1.165) is 6.42 Å². The lowest BCUT2D eigenvalue weighted by Crippen LogP contribution is -2.20. The molecular formula is C21H25ClN2O3. The zero-order valence-corrected chi connectivity index (χ0v) is 16.6. The summed E-state index contributed by atoms with van der Waals surface area (Å²) in [5, 5.41) is 5.82. The number of carbonyl (C=O) groups is 2. The Morgan fingerprint density at radius 1 is 1.04 bits per heavy atom. The van der Waals surface area contributed by atoms with Gasteiger partial charge in [0.15, 0.2) is 6.61 Å². The Morgan fingerprint density at radius 3 is 2.37 bits per heavy atom. The maximum Gasteiger partial charge on any atom is 0.262 e. The summed E-state index contributed by atoms with van der Waals surface area (Å²) in [5.74, 6) is 0.679. The standard InChI is InChI=1S/C21H25ClN2O3/c1-4-14(3)15-6-9-17(10-7-15)27-13-21(26)24-19-12-16(8-11-18(19)22)23-20(25)5-2/h6-12,14H,4-5,13H2,1-3H3,(H,23,25)(H,24,26). The highest BCUT2D eigenvalue weighted by Gasteiger charge is 2.09. The Morgan fingerprint density at radius 2 is 1.74 bits per heavy atom. The van der Waals surface area contributed by atoms with Gasteiger partial charge in [0.25, 0.3) is 5.91 Å². The van der Waals surface area contributed by atoms with E-state index in [1.807, 2.05) is 24.3 Å². The molecular weight excluding hydrogens is 364 g/mol. The molecule has 2 aromatic carbocycles. The predicted molar refractivity (Wildman–Crippen MR) is 110 cm³/mol. The summed E-state index contributed by atoms with van der Waals surface area (Å²) in [6.45, 7) is 5.95. The number of hydrogen-bond donors (Lipinski definition) is 2. The number of anilines is 2. The molecule has 0 aliphatic heterocycles. The van der Waals surface area contributed by atoms with E-state index in [2.05, 4.69) is 24.5 Å². The SMILES string of the molecule is CCC(=O)Nc1ccc(Cl)c(NC(=O)COc2ccc(C(C)CC)cc2)c1. The first-order chi connectivity index (χ1) is 12.9. The van der Waals surface area contributed by atoms with Crippen LogP contribution in [0, 0.1) is 0 Å². The van der Waals surface area contributed by atoms with Crippen LogP contribution in [0.15, 0.2) is 42.5 Å². The van der Waals surface area contributed by atoms with Gasteiger partial charge >= 0.3 is 0 Å². The number of amides is 2. The van der Waals surface area contributed by atoms with Gasteiger partial charge in [-0.05, 0) is 48.2 Å². The van der Waals surface area contributed by atoms with Gasteiger partial charge in [-0.3, -0.25) is 9.59 Å². The average Bonchev–Trinajstić information content (AvgIpc) is 2.68. The van der Waals surface area contributed by atoms with Gasteiger partial charge < -0.3 is 15.4 Å². The van der Waals surface area contributed by atoms with Crippen molar-refractivity contribution in [3.63, 3.8) is 0 Å². The minimum atomic E-state index is -0.332.